The summed E-state index contributed by atoms with van der Waals surface area (Å²) in [6.45, 7) is 6.84. The number of anilines is 1. The molecule has 3 heterocycles. The van der Waals surface area contributed by atoms with Crippen molar-refractivity contribution in [2.75, 3.05) is 31.2 Å². The van der Waals surface area contributed by atoms with E-state index in [1.165, 1.54) is 0 Å². The van der Waals surface area contributed by atoms with Crippen LogP contribution in [0.3, 0.4) is 0 Å². The Bertz CT molecular complexity index is 541. The average Bonchev–Trinajstić information content (AvgIpc) is 3.04. The molecular formula is C13H20N4O4. The maximum absolute atomic E-state index is 11.3. The Morgan fingerprint density at radius 2 is 1.95 bits per heavy atom. The predicted molar refractivity (Wildman–Crippen MR) is 75.4 cm³/mol. The Morgan fingerprint density at radius 1 is 1.33 bits per heavy atom. The molecule has 2 fully saturated rings. The summed E-state index contributed by atoms with van der Waals surface area (Å²) in [4.78, 5) is 13.0. The Hall–Kier alpha value is -1.67. The second-order valence-electron chi connectivity index (χ2n) is 5.43. The summed E-state index contributed by atoms with van der Waals surface area (Å²) in [5, 5.41) is 15.6. The zero-order chi connectivity index (χ0) is 15.0. The number of ether oxygens (including phenoxy) is 2. The third kappa shape index (κ3) is 2.38. The van der Waals surface area contributed by atoms with Crippen LogP contribution in [0.25, 0.3) is 0 Å². The molecule has 1 aromatic rings. The first-order valence-corrected chi connectivity index (χ1v) is 7.31. The fourth-order valence-corrected chi connectivity index (χ4v) is 3.15. The third-order valence-corrected chi connectivity index (χ3v) is 4.19. The number of hydrogen-bond donors (Lipinski definition) is 0. The third-order valence-electron chi connectivity index (χ3n) is 4.19. The van der Waals surface area contributed by atoms with Gasteiger partial charge in [-0.1, -0.05) is 0 Å². The van der Waals surface area contributed by atoms with Gasteiger partial charge in [0.2, 0.25) is 5.82 Å². The monoisotopic (exact) mass is 296 g/mol. The van der Waals surface area contributed by atoms with Crippen molar-refractivity contribution in [3.63, 3.8) is 0 Å². The Morgan fingerprint density at radius 3 is 2.48 bits per heavy atom. The number of aryl methyl sites for hydroxylation is 2. The average molecular weight is 296 g/mol. The van der Waals surface area contributed by atoms with Gasteiger partial charge in [-0.2, -0.15) is 5.10 Å². The summed E-state index contributed by atoms with van der Waals surface area (Å²) in [6.07, 6.45) is 1.44. The maximum Gasteiger partial charge on any atom is 0.333 e. The molecule has 8 heteroatoms. The van der Waals surface area contributed by atoms with E-state index >= 15 is 0 Å². The lowest BCUT2D eigenvalue weighted by molar-refractivity contribution is -0.384. The molecule has 0 saturated carbocycles. The van der Waals surface area contributed by atoms with Crippen molar-refractivity contribution in [3.05, 3.63) is 15.8 Å². The van der Waals surface area contributed by atoms with Crippen LogP contribution in [0.15, 0.2) is 0 Å². The summed E-state index contributed by atoms with van der Waals surface area (Å²) < 4.78 is 13.1. The van der Waals surface area contributed by atoms with E-state index in [1.807, 2.05) is 11.8 Å². The zero-order valence-electron chi connectivity index (χ0n) is 12.4. The smallest absolute Gasteiger partial charge is 0.333 e. The Balaban J connectivity index is 1.86. The zero-order valence-corrected chi connectivity index (χ0v) is 12.4. The standard InChI is InChI=1S/C13H20N4O4/c1-3-16-12(11(17(18)19)10(2)14-16)15-6-4-13(5-7-15)20-8-9-21-13/h3-9H2,1-2H3. The summed E-state index contributed by atoms with van der Waals surface area (Å²) in [5.41, 5.74) is 0.576. The van der Waals surface area contributed by atoms with E-state index in [9.17, 15) is 10.1 Å². The molecule has 3 rings (SSSR count). The van der Waals surface area contributed by atoms with Crippen molar-refractivity contribution in [2.24, 2.45) is 0 Å². The van der Waals surface area contributed by atoms with E-state index in [1.54, 1.807) is 11.6 Å². The minimum Gasteiger partial charge on any atom is -0.351 e. The van der Waals surface area contributed by atoms with Gasteiger partial charge in [0.25, 0.3) is 0 Å². The fraction of sp³-hybridized carbons (Fsp3) is 0.769. The Labute approximate surface area is 122 Å². The van der Waals surface area contributed by atoms with Crippen molar-refractivity contribution >= 4 is 11.5 Å². The lowest BCUT2D eigenvalue weighted by Gasteiger charge is -2.38. The van der Waals surface area contributed by atoms with Crippen LogP contribution in [-0.2, 0) is 16.0 Å². The number of nitro groups is 1. The molecule has 0 bridgehead atoms. The first kappa shape index (κ1) is 14.3. The summed E-state index contributed by atoms with van der Waals surface area (Å²) in [7, 11) is 0. The first-order valence-electron chi connectivity index (χ1n) is 7.31. The topological polar surface area (TPSA) is 82.7 Å². The molecule has 21 heavy (non-hydrogen) atoms. The molecule has 0 unspecified atom stereocenters. The van der Waals surface area contributed by atoms with Gasteiger partial charge in [-0.25, -0.2) is 4.68 Å². The number of rotatable bonds is 3. The summed E-state index contributed by atoms with van der Waals surface area (Å²) >= 11 is 0. The molecule has 1 spiro atoms. The van der Waals surface area contributed by atoms with Gasteiger partial charge in [0.1, 0.15) is 5.69 Å². The van der Waals surface area contributed by atoms with Crippen LogP contribution in [0.1, 0.15) is 25.5 Å². The van der Waals surface area contributed by atoms with Crippen LogP contribution < -0.4 is 4.90 Å². The highest BCUT2D eigenvalue weighted by atomic mass is 16.7. The van der Waals surface area contributed by atoms with Crippen molar-refractivity contribution < 1.29 is 14.4 Å². The van der Waals surface area contributed by atoms with Gasteiger partial charge in [0.05, 0.1) is 18.1 Å². The molecule has 0 N–H and O–H groups in total. The second kappa shape index (κ2) is 5.27. The molecule has 0 amide bonds. The van der Waals surface area contributed by atoms with Gasteiger partial charge >= 0.3 is 5.69 Å². The molecule has 2 aliphatic rings. The molecular weight excluding hydrogens is 276 g/mol. The van der Waals surface area contributed by atoms with Gasteiger partial charge in [-0.3, -0.25) is 10.1 Å². The molecule has 2 aliphatic heterocycles. The van der Waals surface area contributed by atoms with Crippen molar-refractivity contribution in [1.29, 1.82) is 0 Å². The van der Waals surface area contributed by atoms with E-state index in [-0.39, 0.29) is 10.6 Å². The summed E-state index contributed by atoms with van der Waals surface area (Å²) in [5.74, 6) is 0.130. The van der Waals surface area contributed by atoms with Crippen LogP contribution >= 0.6 is 0 Å². The van der Waals surface area contributed by atoms with E-state index in [0.29, 0.717) is 44.4 Å². The number of nitrogens with zero attached hydrogens (tertiary/aromatic N) is 4. The maximum atomic E-state index is 11.3. The van der Waals surface area contributed by atoms with E-state index in [0.717, 1.165) is 12.8 Å². The van der Waals surface area contributed by atoms with Gasteiger partial charge in [0, 0.05) is 32.5 Å². The van der Waals surface area contributed by atoms with Gasteiger partial charge in [-0.15, -0.1) is 0 Å². The highest BCUT2D eigenvalue weighted by molar-refractivity contribution is 5.61. The number of aromatic nitrogens is 2. The molecule has 0 atom stereocenters. The van der Waals surface area contributed by atoms with Crippen LogP contribution in [0.2, 0.25) is 0 Å². The highest BCUT2D eigenvalue weighted by Crippen LogP contribution is 2.37. The van der Waals surface area contributed by atoms with Gasteiger partial charge in [-0.05, 0) is 13.8 Å². The van der Waals surface area contributed by atoms with Gasteiger partial charge < -0.3 is 14.4 Å². The molecule has 0 aromatic carbocycles. The van der Waals surface area contributed by atoms with Crippen molar-refractivity contribution in [3.8, 4) is 0 Å². The largest absolute Gasteiger partial charge is 0.351 e. The molecule has 0 radical (unpaired) electrons. The van der Waals surface area contributed by atoms with Crippen LogP contribution in [0, 0.1) is 17.0 Å². The first-order chi connectivity index (χ1) is 10.1. The lowest BCUT2D eigenvalue weighted by Crippen LogP contribution is -2.46. The van der Waals surface area contributed by atoms with E-state index in [4.69, 9.17) is 9.47 Å². The predicted octanol–water partition coefficient (Wildman–Crippen LogP) is 1.46. The van der Waals surface area contributed by atoms with Crippen LogP contribution in [0.5, 0.6) is 0 Å². The molecule has 2 saturated heterocycles. The van der Waals surface area contributed by atoms with Gasteiger partial charge in [0.15, 0.2) is 5.79 Å². The highest BCUT2D eigenvalue weighted by Gasteiger charge is 2.42. The van der Waals surface area contributed by atoms with Crippen molar-refractivity contribution in [2.45, 2.75) is 39.0 Å². The molecule has 0 aliphatic carbocycles. The van der Waals surface area contributed by atoms with Crippen LogP contribution in [-0.4, -0.2) is 46.8 Å². The van der Waals surface area contributed by atoms with E-state index < -0.39 is 5.79 Å². The lowest BCUT2D eigenvalue weighted by atomic mass is 10.0. The minimum absolute atomic E-state index is 0.112. The molecule has 1 aromatic heterocycles. The number of hydrogen-bond acceptors (Lipinski definition) is 6. The van der Waals surface area contributed by atoms with E-state index in [2.05, 4.69) is 5.10 Å². The fourth-order valence-electron chi connectivity index (χ4n) is 3.15. The minimum atomic E-state index is -0.475. The van der Waals surface area contributed by atoms with Crippen LogP contribution in [0.4, 0.5) is 11.5 Å². The number of piperidine rings is 1. The summed E-state index contributed by atoms with van der Waals surface area (Å²) in [6, 6.07) is 0. The van der Waals surface area contributed by atoms with Crippen molar-refractivity contribution in [1.82, 2.24) is 9.78 Å². The Kier molecular flexibility index (Phi) is 3.58. The normalized spacial score (nSPS) is 21.1. The second-order valence-corrected chi connectivity index (χ2v) is 5.43. The molecule has 116 valence electrons. The quantitative estimate of drug-likeness (QED) is 0.620. The SMILES string of the molecule is CCn1nc(C)c([N+](=O)[O-])c1N1CCC2(CC1)OCCO2. The molecule has 8 nitrogen and oxygen atoms in total.